The molecule has 3 nitrogen and oxygen atoms in total. The van der Waals surface area contributed by atoms with E-state index in [1.165, 1.54) is 0 Å². The molecule has 3 N–H and O–H groups in total. The number of rotatable bonds is 2. The van der Waals surface area contributed by atoms with Crippen molar-refractivity contribution in [2.24, 2.45) is 11.7 Å². The van der Waals surface area contributed by atoms with Gasteiger partial charge in [-0.1, -0.05) is 26.0 Å². The summed E-state index contributed by atoms with van der Waals surface area (Å²) in [6, 6.07) is 6.05. The fourth-order valence-electron chi connectivity index (χ4n) is 2.18. The zero-order chi connectivity index (χ0) is 12.8. The van der Waals surface area contributed by atoms with Crippen LogP contribution in [-0.4, -0.2) is 5.91 Å². The summed E-state index contributed by atoms with van der Waals surface area (Å²) >= 11 is 0. The van der Waals surface area contributed by atoms with Gasteiger partial charge < -0.3 is 11.1 Å². The van der Waals surface area contributed by atoms with Crippen LogP contribution in [0.3, 0.4) is 0 Å². The van der Waals surface area contributed by atoms with Crippen molar-refractivity contribution in [2.75, 3.05) is 5.32 Å². The van der Waals surface area contributed by atoms with Gasteiger partial charge in [-0.2, -0.15) is 0 Å². The third kappa shape index (κ3) is 1.84. The van der Waals surface area contributed by atoms with Gasteiger partial charge in [-0.05, 0) is 37.0 Å². The summed E-state index contributed by atoms with van der Waals surface area (Å²) in [5.74, 6) is 0.448. The van der Waals surface area contributed by atoms with Gasteiger partial charge in [0.05, 0.1) is 5.41 Å². The molecule has 0 spiro atoms. The highest BCUT2D eigenvalue weighted by atomic mass is 16.2. The van der Waals surface area contributed by atoms with E-state index < -0.39 is 5.41 Å². The Kier molecular flexibility index (Phi) is 2.74. The van der Waals surface area contributed by atoms with Crippen LogP contribution in [0.5, 0.6) is 0 Å². The minimum absolute atomic E-state index is 0.0202. The molecule has 92 valence electrons. The third-order valence-corrected chi connectivity index (χ3v) is 3.64. The van der Waals surface area contributed by atoms with Gasteiger partial charge in [0.25, 0.3) is 0 Å². The smallest absolute Gasteiger partial charge is 0.234 e. The molecular weight excluding hydrogens is 212 g/mol. The van der Waals surface area contributed by atoms with Gasteiger partial charge in [0.2, 0.25) is 5.91 Å². The minimum atomic E-state index is -0.456. The molecular formula is C14H20N2O. The summed E-state index contributed by atoms with van der Waals surface area (Å²) in [6.45, 7) is 8.09. The van der Waals surface area contributed by atoms with E-state index in [9.17, 15) is 4.79 Å². The molecule has 1 aromatic carbocycles. The number of nitrogens with two attached hydrogens (primary N) is 1. The van der Waals surface area contributed by atoms with Crippen LogP contribution in [0.1, 0.15) is 44.9 Å². The summed E-state index contributed by atoms with van der Waals surface area (Å²) in [4.78, 5) is 11.8. The average molecular weight is 232 g/mol. The lowest BCUT2D eigenvalue weighted by atomic mass is 9.84. The molecule has 3 heteroatoms. The standard InChI is InChI=1S/C14H20N2O/c1-8(2)12(15)9-5-6-11-10(7-9)14(3,4)13(17)16-11/h5-8,12H,15H2,1-4H3,(H,16,17). The normalized spacial score (nSPS) is 19.1. The highest BCUT2D eigenvalue weighted by molar-refractivity contribution is 6.05. The van der Waals surface area contributed by atoms with E-state index in [1.54, 1.807) is 0 Å². The molecule has 0 fully saturated rings. The topological polar surface area (TPSA) is 55.1 Å². The van der Waals surface area contributed by atoms with E-state index in [4.69, 9.17) is 5.73 Å². The number of carbonyl (C=O) groups is 1. The largest absolute Gasteiger partial charge is 0.325 e. The van der Waals surface area contributed by atoms with Crippen molar-refractivity contribution in [3.8, 4) is 0 Å². The highest BCUT2D eigenvalue weighted by Crippen LogP contribution is 2.38. The molecule has 1 heterocycles. The maximum absolute atomic E-state index is 11.8. The molecule has 17 heavy (non-hydrogen) atoms. The maximum atomic E-state index is 11.8. The average Bonchev–Trinajstić information content (AvgIpc) is 2.49. The molecule has 0 bridgehead atoms. The summed E-state index contributed by atoms with van der Waals surface area (Å²) in [5.41, 5.74) is 8.76. The van der Waals surface area contributed by atoms with Gasteiger partial charge in [-0.15, -0.1) is 0 Å². The number of fused-ring (bicyclic) bond motifs is 1. The number of hydrogen-bond acceptors (Lipinski definition) is 2. The van der Waals surface area contributed by atoms with E-state index in [-0.39, 0.29) is 11.9 Å². The Balaban J connectivity index is 2.46. The van der Waals surface area contributed by atoms with Gasteiger partial charge in [-0.25, -0.2) is 0 Å². The molecule has 0 aromatic heterocycles. The van der Waals surface area contributed by atoms with Crippen LogP contribution >= 0.6 is 0 Å². The summed E-state index contributed by atoms with van der Waals surface area (Å²) < 4.78 is 0. The van der Waals surface area contributed by atoms with Crippen LogP contribution in [0.15, 0.2) is 18.2 Å². The van der Waals surface area contributed by atoms with Crippen molar-refractivity contribution in [1.82, 2.24) is 0 Å². The van der Waals surface area contributed by atoms with Crippen LogP contribution in [-0.2, 0) is 10.2 Å². The monoisotopic (exact) mass is 232 g/mol. The Morgan fingerprint density at radius 1 is 1.29 bits per heavy atom. The first kappa shape index (κ1) is 12.1. The molecule has 0 aliphatic carbocycles. The lowest BCUT2D eigenvalue weighted by Gasteiger charge is -2.20. The Hall–Kier alpha value is -1.35. The molecule has 1 atom stereocenters. The second-order valence-corrected chi connectivity index (χ2v) is 5.65. The Morgan fingerprint density at radius 2 is 1.94 bits per heavy atom. The highest BCUT2D eigenvalue weighted by Gasteiger charge is 2.38. The fraction of sp³-hybridized carbons (Fsp3) is 0.500. The molecule has 0 saturated heterocycles. The van der Waals surface area contributed by atoms with Crippen molar-refractivity contribution in [3.05, 3.63) is 29.3 Å². The van der Waals surface area contributed by atoms with Gasteiger partial charge in [0.15, 0.2) is 0 Å². The number of anilines is 1. The fourth-order valence-corrected chi connectivity index (χ4v) is 2.18. The summed E-state index contributed by atoms with van der Waals surface area (Å²) in [7, 11) is 0. The van der Waals surface area contributed by atoms with Crippen LogP contribution in [0.25, 0.3) is 0 Å². The van der Waals surface area contributed by atoms with Gasteiger partial charge in [0.1, 0.15) is 0 Å². The van der Waals surface area contributed by atoms with Crippen LogP contribution in [0.4, 0.5) is 5.69 Å². The molecule has 0 radical (unpaired) electrons. The molecule has 1 aliphatic rings. The van der Waals surface area contributed by atoms with E-state index >= 15 is 0 Å². The lowest BCUT2D eigenvalue weighted by Crippen LogP contribution is -2.27. The first-order valence-corrected chi connectivity index (χ1v) is 6.05. The number of nitrogens with one attached hydrogen (secondary N) is 1. The molecule has 1 unspecified atom stereocenters. The lowest BCUT2D eigenvalue weighted by molar-refractivity contribution is -0.119. The number of hydrogen-bond donors (Lipinski definition) is 2. The Bertz CT molecular complexity index is 463. The predicted molar refractivity (Wildman–Crippen MR) is 69.9 cm³/mol. The van der Waals surface area contributed by atoms with Crippen LogP contribution in [0, 0.1) is 5.92 Å². The van der Waals surface area contributed by atoms with Gasteiger partial charge in [0, 0.05) is 11.7 Å². The van der Waals surface area contributed by atoms with Crippen LogP contribution in [0.2, 0.25) is 0 Å². The second-order valence-electron chi connectivity index (χ2n) is 5.65. The van der Waals surface area contributed by atoms with Gasteiger partial charge in [-0.3, -0.25) is 4.79 Å². The molecule has 2 rings (SSSR count). The van der Waals surface area contributed by atoms with Crippen molar-refractivity contribution in [2.45, 2.75) is 39.2 Å². The zero-order valence-corrected chi connectivity index (χ0v) is 10.9. The van der Waals surface area contributed by atoms with E-state index in [0.29, 0.717) is 5.92 Å². The van der Waals surface area contributed by atoms with E-state index in [0.717, 1.165) is 16.8 Å². The number of benzene rings is 1. The SMILES string of the molecule is CC(C)C(N)c1ccc2c(c1)C(C)(C)C(=O)N2. The molecule has 1 aliphatic heterocycles. The summed E-state index contributed by atoms with van der Waals surface area (Å²) in [6.07, 6.45) is 0. The number of amides is 1. The molecule has 0 saturated carbocycles. The third-order valence-electron chi connectivity index (χ3n) is 3.64. The Labute approximate surface area is 102 Å². The van der Waals surface area contributed by atoms with E-state index in [1.807, 2.05) is 26.0 Å². The van der Waals surface area contributed by atoms with Crippen LogP contribution < -0.4 is 11.1 Å². The summed E-state index contributed by atoms with van der Waals surface area (Å²) in [5, 5.41) is 2.90. The zero-order valence-electron chi connectivity index (χ0n) is 10.9. The quantitative estimate of drug-likeness (QED) is 0.823. The van der Waals surface area contributed by atoms with Crippen molar-refractivity contribution >= 4 is 11.6 Å². The first-order valence-electron chi connectivity index (χ1n) is 6.05. The minimum Gasteiger partial charge on any atom is -0.325 e. The Morgan fingerprint density at radius 3 is 2.53 bits per heavy atom. The van der Waals surface area contributed by atoms with E-state index in [2.05, 4.69) is 25.2 Å². The molecule has 1 amide bonds. The first-order chi connectivity index (χ1) is 7.84. The van der Waals surface area contributed by atoms with Crippen molar-refractivity contribution < 1.29 is 4.79 Å². The maximum Gasteiger partial charge on any atom is 0.234 e. The van der Waals surface area contributed by atoms with Crippen molar-refractivity contribution in [3.63, 3.8) is 0 Å². The number of carbonyl (C=O) groups excluding carboxylic acids is 1. The predicted octanol–water partition coefficient (Wildman–Crippen LogP) is 2.57. The van der Waals surface area contributed by atoms with Gasteiger partial charge >= 0.3 is 0 Å². The molecule has 1 aromatic rings. The second kappa shape index (κ2) is 3.84. The van der Waals surface area contributed by atoms with Crippen molar-refractivity contribution in [1.29, 1.82) is 0 Å².